The van der Waals surface area contributed by atoms with Crippen molar-refractivity contribution in [2.75, 3.05) is 19.1 Å². The highest BCUT2D eigenvalue weighted by Gasteiger charge is 2.48. The van der Waals surface area contributed by atoms with E-state index >= 15 is 0 Å². The third-order valence-electron chi connectivity index (χ3n) is 5.78. The third-order valence-corrected chi connectivity index (χ3v) is 5.78. The van der Waals surface area contributed by atoms with Crippen LogP contribution in [0.2, 0.25) is 0 Å². The number of aliphatic hydroxyl groups is 1. The predicted octanol–water partition coefficient (Wildman–Crippen LogP) is 4.29. The van der Waals surface area contributed by atoms with Gasteiger partial charge in [-0.3, -0.25) is 19.5 Å². The number of pyridine rings is 1. The van der Waals surface area contributed by atoms with Crippen LogP contribution in [0.3, 0.4) is 0 Å². The van der Waals surface area contributed by atoms with Gasteiger partial charge in [0.05, 0.1) is 42.7 Å². The molecule has 1 amide bonds. The van der Waals surface area contributed by atoms with Gasteiger partial charge >= 0.3 is 5.97 Å². The summed E-state index contributed by atoms with van der Waals surface area (Å²) in [4.78, 5) is 44.9. The molecular weight excluding hydrogens is 476 g/mol. The SMILES string of the molecule is COc1ccc(OC)c(/C(O)=C2\C(=O)C(=O)N(c3cccc(C(=O)OC(C)C)c3)C2c2ccccn2)c1. The molecule has 9 heteroatoms. The molecule has 0 aliphatic carbocycles. The standard InChI is InChI=1S/C28H26N2O7/c1-16(2)37-28(34)17-8-7-9-18(14-17)30-24(21-10-5-6-13-29-21)23(26(32)27(30)33)25(31)20-15-19(35-3)11-12-22(20)36-4/h5-16,24,31H,1-4H3/b25-23+. The molecule has 1 aromatic heterocycles. The summed E-state index contributed by atoms with van der Waals surface area (Å²) < 4.78 is 15.9. The topological polar surface area (TPSA) is 115 Å². The zero-order chi connectivity index (χ0) is 26.7. The van der Waals surface area contributed by atoms with E-state index in [1.54, 1.807) is 62.4 Å². The molecule has 1 unspecified atom stereocenters. The number of hydrogen-bond donors (Lipinski definition) is 1. The van der Waals surface area contributed by atoms with Crippen LogP contribution in [0.1, 0.15) is 41.5 Å². The van der Waals surface area contributed by atoms with Gasteiger partial charge in [-0.1, -0.05) is 12.1 Å². The number of rotatable bonds is 7. The van der Waals surface area contributed by atoms with Crippen LogP contribution in [0.5, 0.6) is 11.5 Å². The van der Waals surface area contributed by atoms with Crippen LogP contribution in [0.25, 0.3) is 5.76 Å². The normalized spacial score (nSPS) is 16.7. The van der Waals surface area contributed by atoms with E-state index in [-0.39, 0.29) is 34.2 Å². The minimum Gasteiger partial charge on any atom is -0.507 e. The maximum atomic E-state index is 13.4. The van der Waals surface area contributed by atoms with Crippen LogP contribution < -0.4 is 14.4 Å². The number of nitrogens with zero attached hydrogens (tertiary/aromatic N) is 2. The number of ketones is 1. The van der Waals surface area contributed by atoms with Crippen LogP contribution in [-0.4, -0.2) is 48.1 Å². The second kappa shape index (κ2) is 10.5. The summed E-state index contributed by atoms with van der Waals surface area (Å²) >= 11 is 0. The van der Waals surface area contributed by atoms with Gasteiger partial charge in [0.25, 0.3) is 11.7 Å². The number of methoxy groups -OCH3 is 2. The Morgan fingerprint density at radius 2 is 1.78 bits per heavy atom. The Bertz CT molecular complexity index is 1380. The lowest BCUT2D eigenvalue weighted by molar-refractivity contribution is -0.132. The molecule has 9 nitrogen and oxygen atoms in total. The van der Waals surface area contributed by atoms with Crippen molar-refractivity contribution in [1.29, 1.82) is 0 Å². The number of hydrogen-bond acceptors (Lipinski definition) is 8. The van der Waals surface area contributed by atoms with Crippen molar-refractivity contribution >= 4 is 29.1 Å². The Balaban J connectivity index is 1.92. The van der Waals surface area contributed by atoms with Crippen molar-refractivity contribution in [3.8, 4) is 11.5 Å². The smallest absolute Gasteiger partial charge is 0.338 e. The quantitative estimate of drug-likeness (QED) is 0.220. The Kier molecular flexibility index (Phi) is 7.24. The summed E-state index contributed by atoms with van der Waals surface area (Å²) in [5.41, 5.74) is 0.829. The highest BCUT2D eigenvalue weighted by atomic mass is 16.5. The summed E-state index contributed by atoms with van der Waals surface area (Å²) in [6.07, 6.45) is 1.19. The number of ether oxygens (including phenoxy) is 3. The van der Waals surface area contributed by atoms with E-state index in [1.165, 1.54) is 37.4 Å². The van der Waals surface area contributed by atoms with E-state index in [2.05, 4.69) is 4.98 Å². The van der Waals surface area contributed by atoms with E-state index < -0.39 is 29.5 Å². The van der Waals surface area contributed by atoms with Gasteiger partial charge in [-0.15, -0.1) is 0 Å². The second-order valence-electron chi connectivity index (χ2n) is 8.49. The fourth-order valence-electron chi connectivity index (χ4n) is 4.13. The second-order valence-corrected chi connectivity index (χ2v) is 8.49. The van der Waals surface area contributed by atoms with Crippen molar-refractivity contribution in [3.63, 3.8) is 0 Å². The molecule has 37 heavy (non-hydrogen) atoms. The van der Waals surface area contributed by atoms with Crippen LogP contribution in [-0.2, 0) is 14.3 Å². The van der Waals surface area contributed by atoms with Crippen molar-refractivity contribution in [3.05, 3.63) is 89.3 Å². The number of amides is 1. The molecule has 4 rings (SSSR count). The molecule has 2 heterocycles. The Morgan fingerprint density at radius 1 is 1.00 bits per heavy atom. The van der Waals surface area contributed by atoms with Crippen molar-refractivity contribution in [2.24, 2.45) is 0 Å². The monoisotopic (exact) mass is 502 g/mol. The Hall–Kier alpha value is -4.66. The Morgan fingerprint density at radius 3 is 2.43 bits per heavy atom. The van der Waals surface area contributed by atoms with Crippen molar-refractivity contribution in [2.45, 2.75) is 26.0 Å². The first-order valence-corrected chi connectivity index (χ1v) is 11.5. The maximum absolute atomic E-state index is 13.4. The zero-order valence-electron chi connectivity index (χ0n) is 20.8. The van der Waals surface area contributed by atoms with Gasteiger partial charge in [0.15, 0.2) is 0 Å². The van der Waals surface area contributed by atoms with Crippen molar-refractivity contribution in [1.82, 2.24) is 4.98 Å². The lowest BCUT2D eigenvalue weighted by Gasteiger charge is -2.25. The summed E-state index contributed by atoms with van der Waals surface area (Å²) in [6, 6.07) is 14.9. The molecule has 1 fully saturated rings. The van der Waals surface area contributed by atoms with E-state index in [0.29, 0.717) is 11.4 Å². The summed E-state index contributed by atoms with van der Waals surface area (Å²) in [5, 5.41) is 11.4. The molecule has 1 saturated heterocycles. The number of Topliss-reactive ketones (excluding diaryl/α,β-unsaturated/α-hetero) is 1. The van der Waals surface area contributed by atoms with Crippen LogP contribution >= 0.6 is 0 Å². The minimum absolute atomic E-state index is 0.176. The molecule has 3 aromatic rings. The Labute approximate surface area is 213 Å². The highest BCUT2D eigenvalue weighted by molar-refractivity contribution is 6.51. The first-order chi connectivity index (χ1) is 17.8. The third kappa shape index (κ3) is 4.88. The van der Waals surface area contributed by atoms with Crippen LogP contribution in [0, 0.1) is 0 Å². The molecule has 1 N–H and O–H groups in total. The fraction of sp³-hybridized carbons (Fsp3) is 0.214. The highest BCUT2D eigenvalue weighted by Crippen LogP contribution is 2.43. The van der Waals surface area contributed by atoms with E-state index in [9.17, 15) is 19.5 Å². The molecule has 2 aromatic carbocycles. The van der Waals surface area contributed by atoms with Crippen molar-refractivity contribution < 1.29 is 33.7 Å². The van der Waals surface area contributed by atoms with Crippen LogP contribution in [0.15, 0.2) is 72.4 Å². The van der Waals surface area contributed by atoms with Crippen LogP contribution in [0.4, 0.5) is 5.69 Å². The summed E-state index contributed by atoms with van der Waals surface area (Å²) in [7, 11) is 2.89. The maximum Gasteiger partial charge on any atom is 0.338 e. The summed E-state index contributed by atoms with van der Waals surface area (Å²) in [6.45, 7) is 3.46. The molecule has 0 bridgehead atoms. The molecule has 0 radical (unpaired) electrons. The van der Waals surface area contributed by atoms with E-state index in [4.69, 9.17) is 14.2 Å². The number of esters is 1. The molecular formula is C28H26N2O7. The molecule has 0 saturated carbocycles. The lowest BCUT2D eigenvalue weighted by Crippen LogP contribution is -2.30. The number of carbonyl (C=O) groups is 3. The lowest BCUT2D eigenvalue weighted by atomic mass is 9.97. The minimum atomic E-state index is -1.08. The molecule has 0 spiro atoms. The van der Waals surface area contributed by atoms with Gasteiger partial charge in [-0.25, -0.2) is 4.79 Å². The number of anilines is 1. The van der Waals surface area contributed by atoms with Gasteiger partial charge < -0.3 is 19.3 Å². The zero-order valence-corrected chi connectivity index (χ0v) is 20.8. The number of benzene rings is 2. The van der Waals surface area contributed by atoms with Gasteiger partial charge in [-0.05, 0) is 62.4 Å². The van der Waals surface area contributed by atoms with Gasteiger partial charge in [0.2, 0.25) is 0 Å². The molecule has 190 valence electrons. The van der Waals surface area contributed by atoms with E-state index in [1.807, 2.05) is 0 Å². The molecule has 1 atom stereocenters. The van der Waals surface area contributed by atoms with Gasteiger partial charge in [0.1, 0.15) is 23.3 Å². The average Bonchev–Trinajstić information content (AvgIpc) is 3.18. The first kappa shape index (κ1) is 25.4. The van der Waals surface area contributed by atoms with Gasteiger partial charge in [0, 0.05) is 11.9 Å². The summed E-state index contributed by atoms with van der Waals surface area (Å²) in [5.74, 6) is -2.10. The predicted molar refractivity (Wildman–Crippen MR) is 136 cm³/mol. The molecule has 1 aliphatic heterocycles. The first-order valence-electron chi connectivity index (χ1n) is 11.5. The number of aromatic nitrogens is 1. The van der Waals surface area contributed by atoms with Gasteiger partial charge in [-0.2, -0.15) is 0 Å². The largest absolute Gasteiger partial charge is 0.507 e. The number of aliphatic hydroxyl groups excluding tert-OH is 1. The fourth-order valence-corrected chi connectivity index (χ4v) is 4.13. The average molecular weight is 503 g/mol. The number of carbonyl (C=O) groups excluding carboxylic acids is 3. The van der Waals surface area contributed by atoms with E-state index in [0.717, 1.165) is 0 Å². The molecule has 1 aliphatic rings.